The SMILES string of the molecule is CC(CC(N)=NO)NC(=O)C1OCCC1C. The molecule has 4 N–H and O–H groups in total. The molecule has 92 valence electrons. The van der Waals surface area contributed by atoms with Crippen molar-refractivity contribution in [2.75, 3.05) is 6.61 Å². The number of amides is 1. The zero-order valence-corrected chi connectivity index (χ0v) is 9.64. The third-order valence-electron chi connectivity index (χ3n) is 2.68. The first-order chi connectivity index (χ1) is 7.54. The summed E-state index contributed by atoms with van der Waals surface area (Å²) in [6, 6.07) is -0.167. The van der Waals surface area contributed by atoms with Gasteiger partial charge in [0.15, 0.2) is 0 Å². The highest BCUT2D eigenvalue weighted by Crippen LogP contribution is 2.20. The largest absolute Gasteiger partial charge is 0.409 e. The van der Waals surface area contributed by atoms with Crippen molar-refractivity contribution in [3.63, 3.8) is 0 Å². The molecule has 0 aromatic rings. The minimum Gasteiger partial charge on any atom is -0.409 e. The van der Waals surface area contributed by atoms with Crippen LogP contribution in [0, 0.1) is 5.92 Å². The minimum atomic E-state index is -0.366. The number of nitrogens with one attached hydrogen (secondary N) is 1. The zero-order valence-electron chi connectivity index (χ0n) is 9.64. The van der Waals surface area contributed by atoms with Gasteiger partial charge in [0.2, 0.25) is 5.91 Å². The fourth-order valence-electron chi connectivity index (χ4n) is 1.76. The van der Waals surface area contributed by atoms with E-state index in [4.69, 9.17) is 15.7 Å². The molecule has 0 aromatic heterocycles. The summed E-state index contributed by atoms with van der Waals surface area (Å²) < 4.78 is 5.34. The number of hydrogen-bond acceptors (Lipinski definition) is 4. The quantitative estimate of drug-likeness (QED) is 0.275. The van der Waals surface area contributed by atoms with Crippen LogP contribution < -0.4 is 11.1 Å². The van der Waals surface area contributed by atoms with Gasteiger partial charge < -0.3 is 21.0 Å². The normalized spacial score (nSPS) is 27.8. The molecule has 1 heterocycles. The van der Waals surface area contributed by atoms with Gasteiger partial charge in [-0.25, -0.2) is 0 Å². The molecule has 16 heavy (non-hydrogen) atoms. The summed E-state index contributed by atoms with van der Waals surface area (Å²) in [5, 5.41) is 14.0. The Kier molecular flexibility index (Phi) is 4.54. The van der Waals surface area contributed by atoms with Crippen LogP contribution in [0.5, 0.6) is 0 Å². The van der Waals surface area contributed by atoms with Crippen molar-refractivity contribution in [3.05, 3.63) is 0 Å². The number of rotatable bonds is 4. The maximum atomic E-state index is 11.8. The van der Waals surface area contributed by atoms with Crippen molar-refractivity contribution >= 4 is 11.7 Å². The highest BCUT2D eigenvalue weighted by atomic mass is 16.5. The van der Waals surface area contributed by atoms with E-state index < -0.39 is 0 Å². The van der Waals surface area contributed by atoms with Gasteiger partial charge in [-0.1, -0.05) is 12.1 Å². The van der Waals surface area contributed by atoms with Gasteiger partial charge in [-0.15, -0.1) is 0 Å². The number of nitrogens with zero attached hydrogens (tertiary/aromatic N) is 1. The van der Waals surface area contributed by atoms with Crippen LogP contribution in [0.4, 0.5) is 0 Å². The fraction of sp³-hybridized carbons (Fsp3) is 0.800. The predicted molar refractivity (Wildman–Crippen MR) is 59.2 cm³/mol. The highest BCUT2D eigenvalue weighted by Gasteiger charge is 2.31. The summed E-state index contributed by atoms with van der Waals surface area (Å²) in [6.45, 7) is 4.43. The van der Waals surface area contributed by atoms with Crippen molar-refractivity contribution in [1.29, 1.82) is 0 Å². The van der Waals surface area contributed by atoms with Crippen LogP contribution in [0.25, 0.3) is 0 Å². The summed E-state index contributed by atoms with van der Waals surface area (Å²) in [6.07, 6.45) is 0.866. The maximum Gasteiger partial charge on any atom is 0.249 e. The lowest BCUT2D eigenvalue weighted by Gasteiger charge is -2.18. The van der Waals surface area contributed by atoms with Gasteiger partial charge in [0.1, 0.15) is 11.9 Å². The second-order valence-corrected chi connectivity index (χ2v) is 4.26. The first-order valence-corrected chi connectivity index (χ1v) is 5.43. The lowest BCUT2D eigenvalue weighted by atomic mass is 10.0. The fourth-order valence-corrected chi connectivity index (χ4v) is 1.76. The molecular formula is C10H19N3O3. The summed E-state index contributed by atoms with van der Waals surface area (Å²) in [4.78, 5) is 11.8. The van der Waals surface area contributed by atoms with Gasteiger partial charge in [0.25, 0.3) is 0 Å². The van der Waals surface area contributed by atoms with Gasteiger partial charge in [-0.05, 0) is 19.3 Å². The van der Waals surface area contributed by atoms with Gasteiger partial charge >= 0.3 is 0 Å². The number of oxime groups is 1. The molecule has 0 bridgehead atoms. The molecule has 1 aliphatic heterocycles. The highest BCUT2D eigenvalue weighted by molar-refractivity contribution is 5.84. The van der Waals surface area contributed by atoms with Crippen molar-refractivity contribution < 1.29 is 14.7 Å². The molecule has 1 amide bonds. The Morgan fingerprint density at radius 2 is 2.44 bits per heavy atom. The van der Waals surface area contributed by atoms with E-state index in [0.29, 0.717) is 13.0 Å². The van der Waals surface area contributed by atoms with Gasteiger partial charge in [-0.2, -0.15) is 0 Å². The minimum absolute atomic E-state index is 0.105. The Morgan fingerprint density at radius 3 is 2.94 bits per heavy atom. The van der Waals surface area contributed by atoms with E-state index in [0.717, 1.165) is 6.42 Å². The second-order valence-electron chi connectivity index (χ2n) is 4.26. The number of carbonyl (C=O) groups excluding carboxylic acids is 1. The summed E-state index contributed by atoms with van der Waals surface area (Å²) in [7, 11) is 0. The van der Waals surface area contributed by atoms with Crippen LogP contribution in [-0.4, -0.2) is 35.7 Å². The molecule has 6 nitrogen and oxygen atoms in total. The summed E-state index contributed by atoms with van der Waals surface area (Å²) in [5.74, 6) is 0.229. The third-order valence-corrected chi connectivity index (χ3v) is 2.68. The summed E-state index contributed by atoms with van der Waals surface area (Å²) in [5.41, 5.74) is 5.35. The number of amidine groups is 1. The van der Waals surface area contributed by atoms with E-state index in [1.807, 2.05) is 6.92 Å². The molecule has 0 aromatic carbocycles. The van der Waals surface area contributed by atoms with Crippen LogP contribution in [0.3, 0.4) is 0 Å². The van der Waals surface area contributed by atoms with Crippen molar-refractivity contribution in [2.24, 2.45) is 16.8 Å². The lowest BCUT2D eigenvalue weighted by molar-refractivity contribution is -0.132. The molecule has 0 spiro atoms. The van der Waals surface area contributed by atoms with E-state index >= 15 is 0 Å². The maximum absolute atomic E-state index is 11.8. The van der Waals surface area contributed by atoms with Crippen LogP contribution in [0.1, 0.15) is 26.7 Å². The Balaban J connectivity index is 2.39. The first-order valence-electron chi connectivity index (χ1n) is 5.43. The molecule has 1 saturated heterocycles. The second kappa shape index (κ2) is 5.69. The van der Waals surface area contributed by atoms with Gasteiger partial charge in [-0.3, -0.25) is 4.79 Å². The van der Waals surface area contributed by atoms with Crippen LogP contribution in [0.15, 0.2) is 5.16 Å². The Hall–Kier alpha value is -1.30. The number of hydrogen-bond donors (Lipinski definition) is 3. The van der Waals surface area contributed by atoms with E-state index in [1.54, 1.807) is 6.92 Å². The van der Waals surface area contributed by atoms with Crippen LogP contribution >= 0.6 is 0 Å². The molecule has 1 aliphatic rings. The molecule has 0 saturated carbocycles. The van der Waals surface area contributed by atoms with E-state index in [9.17, 15) is 4.79 Å². The number of ether oxygens (including phenoxy) is 1. The standard InChI is InChI=1S/C10H19N3O3/c1-6-3-4-16-9(6)10(14)12-7(2)5-8(11)13-15/h6-7,9,15H,3-5H2,1-2H3,(H2,11,13)(H,12,14). The topological polar surface area (TPSA) is 96.9 Å². The van der Waals surface area contributed by atoms with E-state index in [2.05, 4.69) is 10.5 Å². The number of carbonyl (C=O) groups is 1. The van der Waals surface area contributed by atoms with Gasteiger partial charge in [0, 0.05) is 19.1 Å². The Labute approximate surface area is 94.8 Å². The molecule has 3 unspecified atom stereocenters. The molecular weight excluding hydrogens is 210 g/mol. The van der Waals surface area contributed by atoms with Gasteiger partial charge in [0.05, 0.1) is 0 Å². The van der Waals surface area contributed by atoms with E-state index in [-0.39, 0.29) is 29.8 Å². The molecule has 0 radical (unpaired) electrons. The van der Waals surface area contributed by atoms with E-state index in [1.165, 1.54) is 0 Å². The average Bonchev–Trinajstić information content (AvgIpc) is 2.63. The molecule has 6 heteroatoms. The zero-order chi connectivity index (χ0) is 12.1. The first kappa shape index (κ1) is 12.8. The molecule has 1 fully saturated rings. The van der Waals surface area contributed by atoms with Crippen molar-refractivity contribution in [2.45, 2.75) is 38.8 Å². The predicted octanol–water partition coefficient (Wildman–Crippen LogP) is 0.0526. The lowest BCUT2D eigenvalue weighted by Crippen LogP contribution is -2.43. The Bertz CT molecular complexity index is 280. The summed E-state index contributed by atoms with van der Waals surface area (Å²) >= 11 is 0. The molecule has 3 atom stereocenters. The Morgan fingerprint density at radius 1 is 1.75 bits per heavy atom. The van der Waals surface area contributed by atoms with Crippen molar-refractivity contribution in [1.82, 2.24) is 5.32 Å². The number of nitrogens with two attached hydrogens (primary N) is 1. The van der Waals surface area contributed by atoms with Crippen molar-refractivity contribution in [3.8, 4) is 0 Å². The van der Waals surface area contributed by atoms with Crippen LogP contribution in [-0.2, 0) is 9.53 Å². The third kappa shape index (κ3) is 3.37. The molecule has 1 rings (SSSR count). The average molecular weight is 229 g/mol. The van der Waals surface area contributed by atoms with Crippen LogP contribution in [0.2, 0.25) is 0 Å². The molecule has 0 aliphatic carbocycles. The smallest absolute Gasteiger partial charge is 0.249 e. The monoisotopic (exact) mass is 229 g/mol.